The molecular weight excluding hydrogens is 192 g/mol. The number of rotatable bonds is 5. The van der Waals surface area contributed by atoms with E-state index in [9.17, 15) is 4.79 Å². The molecule has 4 heteroatoms. The van der Waals surface area contributed by atoms with E-state index in [0.717, 1.165) is 18.5 Å². The van der Waals surface area contributed by atoms with Crippen LogP contribution >= 0.6 is 0 Å². The zero-order valence-corrected chi connectivity index (χ0v) is 9.19. The molecule has 82 valence electrons. The molecule has 0 radical (unpaired) electrons. The second kappa shape index (κ2) is 5.34. The van der Waals surface area contributed by atoms with E-state index in [1.807, 2.05) is 13.0 Å². The summed E-state index contributed by atoms with van der Waals surface area (Å²) >= 11 is 0. The topological polar surface area (TPSA) is 46.3 Å². The van der Waals surface area contributed by atoms with Crippen molar-refractivity contribution in [1.82, 2.24) is 4.98 Å². The third kappa shape index (κ3) is 3.23. The molecule has 0 aromatic carbocycles. The van der Waals surface area contributed by atoms with Crippen LogP contribution in [0.3, 0.4) is 0 Å². The number of hydrogen-bond acceptors (Lipinski definition) is 3. The molecule has 0 bridgehead atoms. The fourth-order valence-corrected chi connectivity index (χ4v) is 1.25. The van der Waals surface area contributed by atoms with Crippen LogP contribution in [0, 0.1) is 6.92 Å². The van der Waals surface area contributed by atoms with Gasteiger partial charge in [0.15, 0.2) is 0 Å². The SMILES string of the molecule is C=CCCCN(C(C)=O)c1nc(C)co1. The van der Waals surface area contributed by atoms with Gasteiger partial charge in [-0.15, -0.1) is 6.58 Å². The molecule has 0 N–H and O–H groups in total. The maximum atomic E-state index is 11.3. The van der Waals surface area contributed by atoms with Gasteiger partial charge in [-0.2, -0.15) is 4.98 Å². The van der Waals surface area contributed by atoms with Crippen molar-refractivity contribution in [2.75, 3.05) is 11.4 Å². The second-order valence-corrected chi connectivity index (χ2v) is 3.37. The highest BCUT2D eigenvalue weighted by Crippen LogP contribution is 2.14. The van der Waals surface area contributed by atoms with Crippen molar-refractivity contribution in [1.29, 1.82) is 0 Å². The van der Waals surface area contributed by atoms with E-state index in [2.05, 4.69) is 11.6 Å². The summed E-state index contributed by atoms with van der Waals surface area (Å²) in [5, 5.41) is 0. The number of aromatic nitrogens is 1. The van der Waals surface area contributed by atoms with E-state index < -0.39 is 0 Å². The normalized spacial score (nSPS) is 10.0. The summed E-state index contributed by atoms with van der Waals surface area (Å²) in [5.41, 5.74) is 0.778. The first-order valence-corrected chi connectivity index (χ1v) is 4.96. The van der Waals surface area contributed by atoms with Gasteiger partial charge in [-0.05, 0) is 19.8 Å². The fourth-order valence-electron chi connectivity index (χ4n) is 1.25. The highest BCUT2D eigenvalue weighted by Gasteiger charge is 2.15. The Morgan fingerprint density at radius 3 is 2.93 bits per heavy atom. The molecule has 0 aliphatic carbocycles. The maximum Gasteiger partial charge on any atom is 0.304 e. The van der Waals surface area contributed by atoms with Crippen LogP contribution in [0.2, 0.25) is 0 Å². The number of allylic oxidation sites excluding steroid dienone is 1. The Balaban J connectivity index is 2.66. The molecule has 0 fully saturated rings. The van der Waals surface area contributed by atoms with E-state index in [4.69, 9.17) is 4.42 Å². The number of carbonyl (C=O) groups excluding carboxylic acids is 1. The van der Waals surface area contributed by atoms with Crippen molar-refractivity contribution in [2.24, 2.45) is 0 Å². The van der Waals surface area contributed by atoms with Crippen LogP contribution in [-0.2, 0) is 4.79 Å². The third-order valence-electron chi connectivity index (χ3n) is 2.01. The molecule has 1 heterocycles. The lowest BCUT2D eigenvalue weighted by Gasteiger charge is -2.15. The molecule has 0 aliphatic rings. The van der Waals surface area contributed by atoms with Gasteiger partial charge < -0.3 is 4.42 Å². The standard InChI is InChI=1S/C11H16N2O2/c1-4-5-6-7-13(10(3)14)11-12-9(2)8-15-11/h4,8H,1,5-7H2,2-3H3. The van der Waals surface area contributed by atoms with E-state index in [0.29, 0.717) is 12.6 Å². The van der Waals surface area contributed by atoms with Crippen molar-refractivity contribution >= 4 is 11.9 Å². The molecule has 0 atom stereocenters. The number of anilines is 1. The van der Waals surface area contributed by atoms with Crippen LogP contribution in [-0.4, -0.2) is 17.4 Å². The molecule has 0 saturated heterocycles. The van der Waals surface area contributed by atoms with Gasteiger partial charge in [0.2, 0.25) is 5.91 Å². The lowest BCUT2D eigenvalue weighted by Crippen LogP contribution is -2.29. The van der Waals surface area contributed by atoms with E-state index in [-0.39, 0.29) is 5.91 Å². The van der Waals surface area contributed by atoms with Crippen LogP contribution in [0.25, 0.3) is 0 Å². The Hall–Kier alpha value is -1.58. The largest absolute Gasteiger partial charge is 0.431 e. The molecule has 1 aromatic heterocycles. The van der Waals surface area contributed by atoms with Gasteiger partial charge in [-0.25, -0.2) is 0 Å². The number of aryl methyl sites for hydroxylation is 1. The van der Waals surface area contributed by atoms with Gasteiger partial charge in [0, 0.05) is 13.5 Å². The Morgan fingerprint density at radius 2 is 2.47 bits per heavy atom. The molecule has 0 aliphatic heterocycles. The van der Waals surface area contributed by atoms with Crippen LogP contribution in [0.1, 0.15) is 25.5 Å². The minimum atomic E-state index is -0.0547. The van der Waals surface area contributed by atoms with Crippen molar-refractivity contribution in [3.8, 4) is 0 Å². The molecule has 15 heavy (non-hydrogen) atoms. The Kier molecular flexibility index (Phi) is 4.09. The van der Waals surface area contributed by atoms with Crippen molar-refractivity contribution in [3.05, 3.63) is 24.6 Å². The molecule has 0 saturated carbocycles. The molecule has 0 spiro atoms. The Bertz CT molecular complexity index is 344. The summed E-state index contributed by atoms with van der Waals surface area (Å²) < 4.78 is 5.19. The average molecular weight is 208 g/mol. The van der Waals surface area contributed by atoms with Crippen LogP contribution in [0.15, 0.2) is 23.3 Å². The highest BCUT2D eigenvalue weighted by atomic mass is 16.4. The van der Waals surface area contributed by atoms with Gasteiger partial charge in [-0.1, -0.05) is 6.08 Å². The molecule has 0 unspecified atom stereocenters. The first kappa shape index (κ1) is 11.5. The minimum absolute atomic E-state index is 0.0547. The second-order valence-electron chi connectivity index (χ2n) is 3.37. The summed E-state index contributed by atoms with van der Waals surface area (Å²) in [4.78, 5) is 17.0. The van der Waals surface area contributed by atoms with E-state index in [1.54, 1.807) is 6.26 Å². The van der Waals surface area contributed by atoms with Gasteiger partial charge >= 0.3 is 6.01 Å². The summed E-state index contributed by atoms with van der Waals surface area (Å²) in [6.45, 7) is 7.58. The van der Waals surface area contributed by atoms with E-state index in [1.165, 1.54) is 11.8 Å². The van der Waals surface area contributed by atoms with Crippen molar-refractivity contribution in [3.63, 3.8) is 0 Å². The Labute approximate surface area is 89.6 Å². The Morgan fingerprint density at radius 1 is 1.73 bits per heavy atom. The van der Waals surface area contributed by atoms with Crippen LogP contribution < -0.4 is 4.90 Å². The molecule has 1 amide bonds. The third-order valence-corrected chi connectivity index (χ3v) is 2.01. The fraction of sp³-hybridized carbons (Fsp3) is 0.455. The number of nitrogens with zero attached hydrogens (tertiary/aromatic N) is 2. The summed E-state index contributed by atoms with van der Waals surface area (Å²) in [7, 11) is 0. The lowest BCUT2D eigenvalue weighted by molar-refractivity contribution is -0.116. The van der Waals surface area contributed by atoms with Crippen molar-refractivity contribution < 1.29 is 9.21 Å². The first-order valence-electron chi connectivity index (χ1n) is 4.96. The first-order chi connectivity index (χ1) is 7.15. The predicted molar refractivity (Wildman–Crippen MR) is 58.7 cm³/mol. The van der Waals surface area contributed by atoms with Gasteiger partial charge in [0.1, 0.15) is 6.26 Å². The van der Waals surface area contributed by atoms with Crippen LogP contribution in [0.4, 0.5) is 6.01 Å². The zero-order valence-electron chi connectivity index (χ0n) is 9.19. The number of unbranched alkanes of at least 4 members (excludes halogenated alkanes) is 1. The molecule has 1 aromatic rings. The monoisotopic (exact) mass is 208 g/mol. The number of amides is 1. The van der Waals surface area contributed by atoms with Crippen molar-refractivity contribution in [2.45, 2.75) is 26.7 Å². The number of hydrogen-bond donors (Lipinski definition) is 0. The summed E-state index contributed by atoms with van der Waals surface area (Å²) in [6.07, 6.45) is 5.12. The summed E-state index contributed by atoms with van der Waals surface area (Å²) in [5.74, 6) is -0.0547. The maximum absolute atomic E-state index is 11.3. The average Bonchev–Trinajstić information content (AvgIpc) is 2.59. The quantitative estimate of drug-likeness (QED) is 0.551. The molecule has 1 rings (SSSR count). The van der Waals surface area contributed by atoms with Gasteiger partial charge in [-0.3, -0.25) is 9.69 Å². The van der Waals surface area contributed by atoms with Crippen LogP contribution in [0.5, 0.6) is 0 Å². The molecular formula is C11H16N2O2. The lowest BCUT2D eigenvalue weighted by atomic mass is 10.3. The number of oxazole rings is 1. The van der Waals surface area contributed by atoms with E-state index >= 15 is 0 Å². The zero-order chi connectivity index (χ0) is 11.3. The van der Waals surface area contributed by atoms with Gasteiger partial charge in [0.25, 0.3) is 0 Å². The van der Waals surface area contributed by atoms with Gasteiger partial charge in [0.05, 0.1) is 5.69 Å². The highest BCUT2D eigenvalue weighted by molar-refractivity contribution is 5.89. The predicted octanol–water partition coefficient (Wildman–Crippen LogP) is 2.30. The summed E-state index contributed by atoms with van der Waals surface area (Å²) in [6, 6.07) is 0.379. The number of carbonyl (C=O) groups is 1. The molecule has 4 nitrogen and oxygen atoms in total. The minimum Gasteiger partial charge on any atom is -0.431 e. The smallest absolute Gasteiger partial charge is 0.304 e.